The first-order valence-electron chi connectivity index (χ1n) is 6.35. The van der Waals surface area contributed by atoms with Crippen LogP contribution in [-0.2, 0) is 14.8 Å². The molecule has 1 N–H and O–H groups in total. The molecule has 0 aromatic heterocycles. The van der Waals surface area contributed by atoms with E-state index >= 15 is 0 Å². The average Bonchev–Trinajstić information content (AvgIpc) is 2.48. The molecule has 1 fully saturated rings. The van der Waals surface area contributed by atoms with Gasteiger partial charge in [-0.1, -0.05) is 12.1 Å². The molecule has 1 atom stereocenters. The van der Waals surface area contributed by atoms with Gasteiger partial charge in [-0.15, -0.1) is 0 Å². The lowest BCUT2D eigenvalue weighted by molar-refractivity contribution is 0.000819. The molecule has 1 aliphatic heterocycles. The van der Waals surface area contributed by atoms with E-state index in [-0.39, 0.29) is 16.6 Å². The molecule has 0 aliphatic carbocycles. The van der Waals surface area contributed by atoms with Crippen LogP contribution in [0.25, 0.3) is 0 Å². The number of hydrogen-bond acceptors (Lipinski definition) is 5. The SMILES string of the molecule is CNCC1CN(S(=O)(=O)c2ccccc2C#N)CCO1. The summed E-state index contributed by atoms with van der Waals surface area (Å²) in [7, 11) is -1.86. The first-order chi connectivity index (χ1) is 9.59. The molecule has 0 amide bonds. The lowest BCUT2D eigenvalue weighted by Crippen LogP contribution is -2.48. The van der Waals surface area contributed by atoms with Crippen molar-refractivity contribution in [1.29, 1.82) is 5.26 Å². The molecule has 1 unspecified atom stereocenters. The molecule has 1 aliphatic rings. The minimum absolute atomic E-state index is 0.0626. The largest absolute Gasteiger partial charge is 0.374 e. The van der Waals surface area contributed by atoms with E-state index in [4.69, 9.17) is 10.00 Å². The maximum Gasteiger partial charge on any atom is 0.244 e. The number of hydrogen-bond donors (Lipinski definition) is 1. The number of nitrogens with zero attached hydrogens (tertiary/aromatic N) is 2. The average molecular weight is 295 g/mol. The molecule has 0 spiro atoms. The number of nitrogens with one attached hydrogen (secondary N) is 1. The smallest absolute Gasteiger partial charge is 0.244 e. The highest BCUT2D eigenvalue weighted by atomic mass is 32.2. The summed E-state index contributed by atoms with van der Waals surface area (Å²) in [6, 6.07) is 8.19. The standard InChI is InChI=1S/C13H17N3O3S/c1-15-9-12-10-16(6-7-19-12)20(17,18)13-5-3-2-4-11(13)8-14/h2-5,12,15H,6-7,9-10H2,1H3. The molecule has 2 rings (SSSR count). The first kappa shape index (κ1) is 14.9. The highest BCUT2D eigenvalue weighted by molar-refractivity contribution is 7.89. The quantitative estimate of drug-likeness (QED) is 0.856. The van der Waals surface area contributed by atoms with Crippen molar-refractivity contribution < 1.29 is 13.2 Å². The summed E-state index contributed by atoms with van der Waals surface area (Å²) in [4.78, 5) is 0.0626. The van der Waals surface area contributed by atoms with Crippen molar-refractivity contribution in [2.24, 2.45) is 0 Å². The van der Waals surface area contributed by atoms with Gasteiger partial charge in [0.05, 0.1) is 23.2 Å². The predicted octanol–water partition coefficient (Wildman–Crippen LogP) is 0.167. The molecule has 20 heavy (non-hydrogen) atoms. The van der Waals surface area contributed by atoms with Crippen LogP contribution in [0.1, 0.15) is 5.56 Å². The van der Waals surface area contributed by atoms with E-state index in [1.54, 1.807) is 19.2 Å². The van der Waals surface area contributed by atoms with Crippen LogP contribution < -0.4 is 5.32 Å². The Kier molecular flexibility index (Phi) is 4.73. The number of benzene rings is 1. The fraction of sp³-hybridized carbons (Fsp3) is 0.462. The molecular weight excluding hydrogens is 278 g/mol. The van der Waals surface area contributed by atoms with E-state index in [0.29, 0.717) is 26.2 Å². The third kappa shape index (κ3) is 2.99. The topological polar surface area (TPSA) is 82.4 Å². The summed E-state index contributed by atoms with van der Waals surface area (Å²) in [5.41, 5.74) is 0.171. The molecule has 1 aromatic rings. The fourth-order valence-electron chi connectivity index (χ4n) is 2.18. The Labute approximate surface area is 119 Å². The van der Waals surface area contributed by atoms with Crippen LogP contribution in [0.4, 0.5) is 0 Å². The second kappa shape index (κ2) is 6.33. The molecule has 108 valence electrons. The van der Waals surface area contributed by atoms with Gasteiger partial charge in [0.1, 0.15) is 6.07 Å². The molecule has 0 bridgehead atoms. The van der Waals surface area contributed by atoms with Gasteiger partial charge in [0.25, 0.3) is 0 Å². The zero-order chi connectivity index (χ0) is 14.6. The Morgan fingerprint density at radius 3 is 2.95 bits per heavy atom. The predicted molar refractivity (Wildman–Crippen MR) is 73.6 cm³/mol. The third-order valence-corrected chi connectivity index (χ3v) is 5.08. The molecule has 6 nitrogen and oxygen atoms in total. The lowest BCUT2D eigenvalue weighted by atomic mass is 10.2. The Hall–Kier alpha value is -1.46. The molecule has 0 radical (unpaired) electrons. The van der Waals surface area contributed by atoms with Gasteiger partial charge < -0.3 is 10.1 Å². The van der Waals surface area contributed by atoms with Gasteiger partial charge in [0.2, 0.25) is 10.0 Å². The van der Waals surface area contributed by atoms with Gasteiger partial charge in [-0.25, -0.2) is 8.42 Å². The summed E-state index contributed by atoms with van der Waals surface area (Å²) in [5, 5.41) is 12.0. The number of morpholine rings is 1. The van der Waals surface area contributed by atoms with Crippen LogP contribution in [0.15, 0.2) is 29.2 Å². The zero-order valence-electron chi connectivity index (χ0n) is 11.2. The minimum atomic E-state index is -3.65. The van der Waals surface area contributed by atoms with E-state index in [1.165, 1.54) is 16.4 Å². The summed E-state index contributed by atoms with van der Waals surface area (Å²) in [6.45, 7) is 1.55. The van der Waals surface area contributed by atoms with Gasteiger partial charge in [0, 0.05) is 19.6 Å². The van der Waals surface area contributed by atoms with E-state index in [2.05, 4.69) is 5.32 Å². The Bertz CT molecular complexity index is 608. The Morgan fingerprint density at radius 2 is 2.25 bits per heavy atom. The third-order valence-electron chi connectivity index (χ3n) is 3.16. The molecule has 1 aromatic carbocycles. The van der Waals surface area contributed by atoms with E-state index < -0.39 is 10.0 Å². The van der Waals surface area contributed by atoms with Crippen molar-refractivity contribution in [2.45, 2.75) is 11.0 Å². The van der Waals surface area contributed by atoms with Crippen LogP contribution in [0.3, 0.4) is 0 Å². The fourth-order valence-corrected chi connectivity index (χ4v) is 3.78. The van der Waals surface area contributed by atoms with E-state index in [0.717, 1.165) is 0 Å². The van der Waals surface area contributed by atoms with E-state index in [9.17, 15) is 8.42 Å². The maximum atomic E-state index is 12.6. The van der Waals surface area contributed by atoms with Gasteiger partial charge >= 0.3 is 0 Å². The monoisotopic (exact) mass is 295 g/mol. The van der Waals surface area contributed by atoms with Crippen molar-refractivity contribution >= 4 is 10.0 Å². The number of sulfonamides is 1. The minimum Gasteiger partial charge on any atom is -0.374 e. The highest BCUT2D eigenvalue weighted by Crippen LogP contribution is 2.21. The Morgan fingerprint density at radius 1 is 1.50 bits per heavy atom. The van der Waals surface area contributed by atoms with Gasteiger partial charge in [-0.05, 0) is 19.2 Å². The summed E-state index contributed by atoms with van der Waals surface area (Å²) in [6.07, 6.45) is -0.169. The van der Waals surface area contributed by atoms with Crippen molar-refractivity contribution in [2.75, 3.05) is 33.3 Å². The number of nitriles is 1. The van der Waals surface area contributed by atoms with Crippen LogP contribution in [0, 0.1) is 11.3 Å². The number of ether oxygens (including phenoxy) is 1. The van der Waals surface area contributed by atoms with Crippen LogP contribution >= 0.6 is 0 Å². The summed E-state index contributed by atoms with van der Waals surface area (Å²) < 4.78 is 32.1. The van der Waals surface area contributed by atoms with E-state index in [1.807, 2.05) is 6.07 Å². The second-order valence-electron chi connectivity index (χ2n) is 4.52. The molecule has 7 heteroatoms. The number of likely N-dealkylation sites (N-methyl/N-ethyl adjacent to an activating group) is 1. The van der Waals surface area contributed by atoms with Crippen LogP contribution in [0.5, 0.6) is 0 Å². The molecular formula is C13H17N3O3S. The zero-order valence-corrected chi connectivity index (χ0v) is 12.1. The Balaban J connectivity index is 2.28. The van der Waals surface area contributed by atoms with Gasteiger partial charge in [-0.3, -0.25) is 0 Å². The lowest BCUT2D eigenvalue weighted by Gasteiger charge is -2.32. The van der Waals surface area contributed by atoms with Crippen molar-refractivity contribution in [1.82, 2.24) is 9.62 Å². The normalized spacial score (nSPS) is 20.5. The molecule has 1 heterocycles. The molecule has 0 saturated carbocycles. The van der Waals surface area contributed by atoms with Crippen molar-refractivity contribution in [3.05, 3.63) is 29.8 Å². The van der Waals surface area contributed by atoms with Crippen molar-refractivity contribution in [3.8, 4) is 6.07 Å². The van der Waals surface area contributed by atoms with Crippen molar-refractivity contribution in [3.63, 3.8) is 0 Å². The van der Waals surface area contributed by atoms with Gasteiger partial charge in [-0.2, -0.15) is 9.57 Å². The van der Waals surface area contributed by atoms with Crippen LogP contribution in [0.2, 0.25) is 0 Å². The number of rotatable bonds is 4. The summed E-state index contributed by atoms with van der Waals surface area (Å²) in [5.74, 6) is 0. The first-order valence-corrected chi connectivity index (χ1v) is 7.79. The summed E-state index contributed by atoms with van der Waals surface area (Å²) >= 11 is 0. The second-order valence-corrected chi connectivity index (χ2v) is 6.43. The highest BCUT2D eigenvalue weighted by Gasteiger charge is 2.31. The maximum absolute atomic E-state index is 12.6. The van der Waals surface area contributed by atoms with Crippen LogP contribution in [-0.4, -0.2) is 52.1 Å². The molecule has 1 saturated heterocycles. The van der Waals surface area contributed by atoms with Gasteiger partial charge in [0.15, 0.2) is 0 Å².